The molecule has 1 aromatic rings. The number of hydrogen-bond acceptors (Lipinski definition) is 4. The number of ether oxygens (including phenoxy) is 2. The average Bonchev–Trinajstić information content (AvgIpc) is 2.40. The molecule has 0 unspecified atom stereocenters. The van der Waals surface area contributed by atoms with Crippen LogP contribution in [0.4, 0.5) is 4.39 Å². The first-order valence-corrected chi connectivity index (χ1v) is 7.50. The van der Waals surface area contributed by atoms with Crippen molar-refractivity contribution in [2.75, 3.05) is 32.9 Å². The topological polar surface area (TPSA) is 55.8 Å². The van der Waals surface area contributed by atoms with Gasteiger partial charge < -0.3 is 9.47 Å². The Labute approximate surface area is 112 Å². The summed E-state index contributed by atoms with van der Waals surface area (Å²) in [5.41, 5.74) is 0. The normalized spacial score (nSPS) is 17.4. The van der Waals surface area contributed by atoms with Crippen molar-refractivity contribution >= 4 is 10.0 Å². The molecular formula is C12H16FNO4S. The lowest BCUT2D eigenvalue weighted by molar-refractivity contribution is 0.0729. The lowest BCUT2D eigenvalue weighted by Crippen LogP contribution is -2.40. The lowest BCUT2D eigenvalue weighted by atomic mass is 10.3. The number of benzene rings is 1. The number of halogens is 1. The van der Waals surface area contributed by atoms with Gasteiger partial charge in [0.05, 0.1) is 19.8 Å². The molecule has 5 nitrogen and oxygen atoms in total. The van der Waals surface area contributed by atoms with E-state index >= 15 is 0 Å². The fraction of sp³-hybridized carbons (Fsp3) is 0.500. The van der Waals surface area contributed by atoms with Crippen LogP contribution in [0.1, 0.15) is 6.92 Å². The summed E-state index contributed by atoms with van der Waals surface area (Å²) >= 11 is 0. The summed E-state index contributed by atoms with van der Waals surface area (Å²) in [6.45, 7) is 3.32. The molecule has 19 heavy (non-hydrogen) atoms. The summed E-state index contributed by atoms with van der Waals surface area (Å²) in [4.78, 5) is -0.321. The molecule has 1 saturated heterocycles. The van der Waals surface area contributed by atoms with E-state index in [0.29, 0.717) is 25.6 Å². The fourth-order valence-electron chi connectivity index (χ4n) is 1.87. The van der Waals surface area contributed by atoms with Crippen molar-refractivity contribution in [3.8, 4) is 5.75 Å². The Morgan fingerprint density at radius 1 is 1.37 bits per heavy atom. The van der Waals surface area contributed by atoms with E-state index < -0.39 is 15.8 Å². The number of sulfonamides is 1. The van der Waals surface area contributed by atoms with Crippen LogP contribution in [0.5, 0.6) is 5.75 Å². The van der Waals surface area contributed by atoms with Crippen LogP contribution in [0.2, 0.25) is 0 Å². The van der Waals surface area contributed by atoms with Gasteiger partial charge >= 0.3 is 0 Å². The second kappa shape index (κ2) is 5.85. The predicted octanol–water partition coefficient (Wildman–Crippen LogP) is 1.25. The van der Waals surface area contributed by atoms with E-state index in [2.05, 4.69) is 0 Å². The van der Waals surface area contributed by atoms with E-state index in [1.807, 2.05) is 0 Å². The maximum Gasteiger partial charge on any atom is 0.246 e. The molecular weight excluding hydrogens is 273 g/mol. The summed E-state index contributed by atoms with van der Waals surface area (Å²) in [6, 6.07) is 3.79. The molecule has 0 bridgehead atoms. The minimum Gasteiger partial charge on any atom is -0.494 e. The third kappa shape index (κ3) is 3.05. The first-order valence-electron chi connectivity index (χ1n) is 6.06. The largest absolute Gasteiger partial charge is 0.494 e. The van der Waals surface area contributed by atoms with Crippen LogP contribution in [0.15, 0.2) is 23.1 Å². The maximum atomic E-state index is 13.9. The van der Waals surface area contributed by atoms with E-state index in [1.54, 1.807) is 6.92 Å². The summed E-state index contributed by atoms with van der Waals surface area (Å²) in [6.07, 6.45) is 0. The van der Waals surface area contributed by atoms with Gasteiger partial charge in [0.15, 0.2) is 0 Å². The highest BCUT2D eigenvalue weighted by atomic mass is 32.2. The zero-order chi connectivity index (χ0) is 13.9. The van der Waals surface area contributed by atoms with Gasteiger partial charge in [-0.2, -0.15) is 4.31 Å². The molecule has 106 valence electrons. The molecule has 1 aliphatic rings. The second-order valence-corrected chi connectivity index (χ2v) is 5.95. The van der Waals surface area contributed by atoms with Crippen molar-refractivity contribution in [2.24, 2.45) is 0 Å². The zero-order valence-electron chi connectivity index (χ0n) is 10.6. The number of morpholine rings is 1. The maximum absolute atomic E-state index is 13.9. The Bertz CT molecular complexity index is 541. The molecule has 0 aliphatic carbocycles. The van der Waals surface area contributed by atoms with Gasteiger partial charge in [0.2, 0.25) is 10.0 Å². The molecule has 1 heterocycles. The molecule has 7 heteroatoms. The van der Waals surface area contributed by atoms with Gasteiger partial charge in [-0.05, 0) is 19.1 Å². The fourth-order valence-corrected chi connectivity index (χ4v) is 3.33. The van der Waals surface area contributed by atoms with Gasteiger partial charge in [-0.15, -0.1) is 0 Å². The van der Waals surface area contributed by atoms with Gasteiger partial charge in [-0.25, -0.2) is 12.8 Å². The van der Waals surface area contributed by atoms with Gasteiger partial charge in [-0.1, -0.05) is 0 Å². The minimum absolute atomic E-state index is 0.245. The van der Waals surface area contributed by atoms with Crippen molar-refractivity contribution in [3.63, 3.8) is 0 Å². The molecule has 1 aliphatic heterocycles. The van der Waals surface area contributed by atoms with Crippen LogP contribution in [-0.2, 0) is 14.8 Å². The number of rotatable bonds is 4. The number of nitrogens with zero attached hydrogens (tertiary/aromatic N) is 1. The van der Waals surface area contributed by atoms with Gasteiger partial charge in [0, 0.05) is 19.2 Å². The lowest BCUT2D eigenvalue weighted by Gasteiger charge is -2.26. The number of hydrogen-bond donors (Lipinski definition) is 0. The predicted molar refractivity (Wildman–Crippen MR) is 67.1 cm³/mol. The van der Waals surface area contributed by atoms with Crippen LogP contribution >= 0.6 is 0 Å². The highest BCUT2D eigenvalue weighted by molar-refractivity contribution is 7.89. The highest BCUT2D eigenvalue weighted by Crippen LogP contribution is 2.24. The standard InChI is InChI=1S/C12H16FNO4S/c1-2-18-10-3-4-12(11(13)9-10)19(15,16)14-5-7-17-8-6-14/h3-4,9H,2,5-8H2,1H3. The Balaban J connectivity index is 2.29. The van der Waals surface area contributed by atoms with E-state index in [-0.39, 0.29) is 18.0 Å². The van der Waals surface area contributed by atoms with Crippen molar-refractivity contribution < 1.29 is 22.3 Å². The Hall–Kier alpha value is -1.18. The van der Waals surface area contributed by atoms with Crippen molar-refractivity contribution in [2.45, 2.75) is 11.8 Å². The molecule has 2 rings (SSSR count). The van der Waals surface area contributed by atoms with E-state index in [1.165, 1.54) is 16.4 Å². The van der Waals surface area contributed by atoms with Crippen molar-refractivity contribution in [3.05, 3.63) is 24.0 Å². The molecule has 1 aromatic carbocycles. The van der Waals surface area contributed by atoms with Crippen LogP contribution < -0.4 is 4.74 Å². The van der Waals surface area contributed by atoms with Crippen LogP contribution in [0, 0.1) is 5.82 Å². The van der Waals surface area contributed by atoms with Crippen molar-refractivity contribution in [1.29, 1.82) is 0 Å². The quantitative estimate of drug-likeness (QED) is 0.837. The third-order valence-corrected chi connectivity index (χ3v) is 4.73. The summed E-state index contributed by atoms with van der Waals surface area (Å²) < 4.78 is 49.9. The summed E-state index contributed by atoms with van der Waals surface area (Å²) in [5.74, 6) is -0.474. The molecule has 0 saturated carbocycles. The monoisotopic (exact) mass is 289 g/mol. The van der Waals surface area contributed by atoms with E-state index in [4.69, 9.17) is 9.47 Å². The third-order valence-electron chi connectivity index (χ3n) is 2.80. The Morgan fingerprint density at radius 3 is 2.63 bits per heavy atom. The summed E-state index contributed by atoms with van der Waals surface area (Å²) in [7, 11) is -3.80. The van der Waals surface area contributed by atoms with E-state index in [0.717, 1.165) is 6.07 Å². The van der Waals surface area contributed by atoms with Gasteiger partial charge in [0.25, 0.3) is 0 Å². The molecule has 0 aromatic heterocycles. The average molecular weight is 289 g/mol. The van der Waals surface area contributed by atoms with Crippen molar-refractivity contribution in [1.82, 2.24) is 4.31 Å². The molecule has 0 atom stereocenters. The van der Waals surface area contributed by atoms with Crippen LogP contribution in [-0.4, -0.2) is 45.6 Å². The smallest absolute Gasteiger partial charge is 0.246 e. The van der Waals surface area contributed by atoms with Crippen LogP contribution in [0.3, 0.4) is 0 Å². The highest BCUT2D eigenvalue weighted by Gasteiger charge is 2.29. The Kier molecular flexibility index (Phi) is 4.38. The van der Waals surface area contributed by atoms with E-state index in [9.17, 15) is 12.8 Å². The van der Waals surface area contributed by atoms with Gasteiger partial charge in [-0.3, -0.25) is 0 Å². The first-order chi connectivity index (χ1) is 9.05. The molecule has 0 amide bonds. The first kappa shape index (κ1) is 14.2. The molecule has 0 radical (unpaired) electrons. The zero-order valence-corrected chi connectivity index (χ0v) is 11.5. The molecule has 1 fully saturated rings. The SMILES string of the molecule is CCOc1ccc(S(=O)(=O)N2CCOCC2)c(F)c1. The van der Waals surface area contributed by atoms with Crippen LogP contribution in [0.25, 0.3) is 0 Å². The van der Waals surface area contributed by atoms with Gasteiger partial charge in [0.1, 0.15) is 16.5 Å². The second-order valence-electron chi connectivity index (χ2n) is 4.04. The minimum atomic E-state index is -3.80. The Morgan fingerprint density at radius 2 is 2.05 bits per heavy atom. The molecule has 0 N–H and O–H groups in total. The molecule has 0 spiro atoms. The summed E-state index contributed by atoms with van der Waals surface area (Å²) in [5, 5.41) is 0.